The summed E-state index contributed by atoms with van der Waals surface area (Å²) in [5.41, 5.74) is 0.181. The van der Waals surface area contributed by atoms with Crippen molar-refractivity contribution in [2.75, 3.05) is 0 Å². The lowest BCUT2D eigenvalue weighted by atomic mass is 9.82. The van der Waals surface area contributed by atoms with E-state index < -0.39 is 7.12 Å². The van der Waals surface area contributed by atoms with E-state index in [9.17, 15) is 0 Å². The number of hydrogen-bond donors (Lipinski definition) is 3. The van der Waals surface area contributed by atoms with E-state index >= 15 is 0 Å². The van der Waals surface area contributed by atoms with E-state index in [0.29, 0.717) is 0 Å². The largest absolute Gasteiger partial charge is 0.506 e. The highest BCUT2D eigenvalue weighted by atomic mass is 35.5. The maximum atomic E-state index is 8.78. The molecule has 0 unspecified atom stereocenters. The molecule has 1 aromatic heterocycles. The predicted molar refractivity (Wildman–Crippen MR) is 43.0 cm³/mol. The molecule has 0 aliphatic heterocycles. The van der Waals surface area contributed by atoms with Crippen LogP contribution < -0.4 is 5.46 Å². The van der Waals surface area contributed by atoms with Crippen molar-refractivity contribution in [1.82, 2.24) is 4.98 Å². The fourth-order valence-electron chi connectivity index (χ4n) is 0.586. The van der Waals surface area contributed by atoms with Gasteiger partial charge in [0.1, 0.15) is 5.75 Å². The van der Waals surface area contributed by atoms with E-state index in [2.05, 4.69) is 4.98 Å². The number of pyridine rings is 1. The van der Waals surface area contributed by atoms with Gasteiger partial charge < -0.3 is 15.2 Å². The minimum absolute atomic E-state index is 0. The molecule has 0 aromatic carbocycles. The molecule has 0 radical (unpaired) electrons. The van der Waals surface area contributed by atoms with Gasteiger partial charge in [0, 0.05) is 11.7 Å². The first-order chi connectivity index (χ1) is 4.70. The van der Waals surface area contributed by atoms with Gasteiger partial charge in [0.15, 0.2) is 0 Å². The number of hydrogen-bond acceptors (Lipinski definition) is 4. The Hall–Kier alpha value is -0.775. The van der Waals surface area contributed by atoms with Crippen molar-refractivity contribution >= 4 is 25.0 Å². The zero-order valence-electron chi connectivity index (χ0n) is 5.51. The Morgan fingerprint density at radius 1 is 1.27 bits per heavy atom. The van der Waals surface area contributed by atoms with Crippen LogP contribution in [-0.4, -0.2) is 27.3 Å². The van der Waals surface area contributed by atoms with Crippen LogP contribution in [-0.2, 0) is 0 Å². The monoisotopic (exact) mass is 175 g/mol. The van der Waals surface area contributed by atoms with Crippen LogP contribution in [0, 0.1) is 0 Å². The Bertz CT molecular complexity index is 233. The highest BCUT2D eigenvalue weighted by Gasteiger charge is 2.10. The van der Waals surface area contributed by atoms with Crippen molar-refractivity contribution in [2.45, 2.75) is 0 Å². The van der Waals surface area contributed by atoms with Gasteiger partial charge in [-0.25, -0.2) is 0 Å². The second kappa shape index (κ2) is 4.18. The van der Waals surface area contributed by atoms with Gasteiger partial charge in [-0.05, 0) is 6.07 Å². The highest BCUT2D eigenvalue weighted by molar-refractivity contribution is 6.58. The first-order valence-corrected chi connectivity index (χ1v) is 2.70. The lowest BCUT2D eigenvalue weighted by Gasteiger charge is -1.96. The number of aromatic nitrogens is 1. The maximum absolute atomic E-state index is 8.78. The van der Waals surface area contributed by atoms with E-state index in [1.165, 1.54) is 18.5 Å². The highest BCUT2D eigenvalue weighted by Crippen LogP contribution is 1.99. The Kier molecular flexibility index (Phi) is 3.88. The van der Waals surface area contributed by atoms with Gasteiger partial charge in [0.05, 0.1) is 6.20 Å². The number of aromatic hydroxyl groups is 1. The molecule has 0 saturated heterocycles. The molecule has 1 heterocycles. The second-order valence-corrected chi connectivity index (χ2v) is 1.85. The third-order valence-corrected chi connectivity index (χ3v) is 1.04. The van der Waals surface area contributed by atoms with Gasteiger partial charge in [0.25, 0.3) is 0 Å². The third-order valence-electron chi connectivity index (χ3n) is 1.04. The number of nitrogens with zero attached hydrogens (tertiary/aromatic N) is 1. The molecule has 0 amide bonds. The summed E-state index contributed by atoms with van der Waals surface area (Å²) in [7, 11) is -1.57. The summed E-state index contributed by atoms with van der Waals surface area (Å²) in [4.78, 5) is 3.54. The van der Waals surface area contributed by atoms with Crippen LogP contribution in [0.3, 0.4) is 0 Å². The molecule has 4 nitrogen and oxygen atoms in total. The lowest BCUT2D eigenvalue weighted by Crippen LogP contribution is -2.29. The van der Waals surface area contributed by atoms with Gasteiger partial charge >= 0.3 is 7.12 Å². The van der Waals surface area contributed by atoms with Gasteiger partial charge in [-0.2, -0.15) is 0 Å². The van der Waals surface area contributed by atoms with Crippen molar-refractivity contribution in [3.8, 4) is 5.75 Å². The van der Waals surface area contributed by atoms with Crippen molar-refractivity contribution < 1.29 is 15.2 Å². The van der Waals surface area contributed by atoms with E-state index in [0.717, 1.165) is 0 Å². The molecule has 6 heteroatoms. The smallest absolute Gasteiger partial charge is 0.490 e. The summed E-state index contributed by atoms with van der Waals surface area (Å²) in [5, 5.41) is 25.9. The topological polar surface area (TPSA) is 73.6 Å². The van der Waals surface area contributed by atoms with Crippen LogP contribution in [0.15, 0.2) is 18.5 Å². The second-order valence-electron chi connectivity index (χ2n) is 1.85. The molecule has 0 aliphatic rings. The van der Waals surface area contributed by atoms with Gasteiger partial charge in [0.2, 0.25) is 0 Å². The molecule has 0 fully saturated rings. The summed E-state index contributed by atoms with van der Waals surface area (Å²) in [6, 6.07) is 1.23. The summed E-state index contributed by atoms with van der Waals surface area (Å²) < 4.78 is 0. The zero-order valence-corrected chi connectivity index (χ0v) is 6.32. The van der Waals surface area contributed by atoms with Crippen LogP contribution in [0.4, 0.5) is 0 Å². The molecule has 0 saturated carbocycles. The first kappa shape index (κ1) is 10.2. The molecule has 0 spiro atoms. The SMILES string of the molecule is Cl.OB(O)c1cncc(O)c1. The third kappa shape index (κ3) is 2.75. The Balaban J connectivity index is 0.000001000. The summed E-state index contributed by atoms with van der Waals surface area (Å²) >= 11 is 0. The van der Waals surface area contributed by atoms with Crippen LogP contribution in [0.25, 0.3) is 0 Å². The van der Waals surface area contributed by atoms with Crippen LogP contribution in [0.2, 0.25) is 0 Å². The van der Waals surface area contributed by atoms with E-state index in [1.807, 2.05) is 0 Å². The van der Waals surface area contributed by atoms with Gasteiger partial charge in [-0.1, -0.05) is 0 Å². The molecule has 0 bridgehead atoms. The summed E-state index contributed by atoms with van der Waals surface area (Å²) in [5.74, 6) is -0.0781. The zero-order chi connectivity index (χ0) is 7.56. The van der Waals surface area contributed by atoms with Crippen molar-refractivity contribution in [3.63, 3.8) is 0 Å². The fraction of sp³-hybridized carbons (Fsp3) is 0. The Morgan fingerprint density at radius 2 is 1.91 bits per heavy atom. The van der Waals surface area contributed by atoms with Crippen LogP contribution in [0.1, 0.15) is 0 Å². The standard InChI is InChI=1S/C5H6BNO3.ClH/c8-5-1-4(6(9)10)2-7-3-5;/h1-3,8-10H;1H. The van der Waals surface area contributed by atoms with Crippen LogP contribution in [0.5, 0.6) is 5.75 Å². The van der Waals surface area contributed by atoms with E-state index in [-0.39, 0.29) is 23.6 Å². The molecule has 3 N–H and O–H groups in total. The number of halogens is 1. The normalized spacial score (nSPS) is 8.55. The molecule has 60 valence electrons. The molecule has 0 atom stereocenters. The molecule has 1 rings (SSSR count). The lowest BCUT2D eigenvalue weighted by molar-refractivity contribution is 0.424. The molecular weight excluding hydrogens is 168 g/mol. The molecule has 1 aromatic rings. The minimum atomic E-state index is -1.57. The Labute approximate surface area is 70.1 Å². The van der Waals surface area contributed by atoms with Crippen molar-refractivity contribution in [2.24, 2.45) is 0 Å². The molecular formula is C5H7BClNO3. The molecule has 11 heavy (non-hydrogen) atoms. The van der Waals surface area contributed by atoms with Gasteiger partial charge in [-0.3, -0.25) is 4.98 Å². The average Bonchev–Trinajstić information content (AvgIpc) is 1.88. The minimum Gasteiger partial charge on any atom is -0.506 e. The predicted octanol–water partition coefficient (Wildman–Crippen LogP) is -1.11. The average molecular weight is 175 g/mol. The van der Waals surface area contributed by atoms with E-state index in [4.69, 9.17) is 15.2 Å². The first-order valence-electron chi connectivity index (χ1n) is 2.70. The van der Waals surface area contributed by atoms with E-state index in [1.54, 1.807) is 0 Å². The van der Waals surface area contributed by atoms with Crippen molar-refractivity contribution in [1.29, 1.82) is 0 Å². The Morgan fingerprint density at radius 3 is 2.27 bits per heavy atom. The quantitative estimate of drug-likeness (QED) is 0.473. The van der Waals surface area contributed by atoms with Crippen LogP contribution >= 0.6 is 12.4 Å². The maximum Gasteiger partial charge on any atom is 0.490 e. The van der Waals surface area contributed by atoms with Gasteiger partial charge in [-0.15, -0.1) is 12.4 Å². The fourth-order valence-corrected chi connectivity index (χ4v) is 0.586. The summed E-state index contributed by atoms with van der Waals surface area (Å²) in [6.45, 7) is 0. The molecule has 0 aliphatic carbocycles. The van der Waals surface area contributed by atoms with Crippen molar-refractivity contribution in [3.05, 3.63) is 18.5 Å². The summed E-state index contributed by atoms with van der Waals surface area (Å²) in [6.07, 6.45) is 2.48. The number of rotatable bonds is 1.